The Morgan fingerprint density at radius 1 is 1.29 bits per heavy atom. The molecule has 1 heterocycles. The average molecular weight is 256 g/mol. The molecule has 0 radical (unpaired) electrons. The van der Waals surface area contributed by atoms with E-state index in [0.29, 0.717) is 11.2 Å². The van der Waals surface area contributed by atoms with Crippen LogP contribution in [0.2, 0.25) is 0 Å². The third-order valence-corrected chi connectivity index (χ3v) is 5.08. The van der Waals surface area contributed by atoms with Crippen LogP contribution >= 0.6 is 11.8 Å². The fraction of sp³-hybridized carbons (Fsp3) is 0.923. The Bertz CT molecular complexity index is 272. The summed E-state index contributed by atoms with van der Waals surface area (Å²) in [6.07, 6.45) is 5.62. The first-order valence-corrected chi connectivity index (χ1v) is 7.89. The van der Waals surface area contributed by atoms with Crippen LogP contribution in [0, 0.1) is 5.92 Å². The highest BCUT2D eigenvalue weighted by Crippen LogP contribution is 2.26. The van der Waals surface area contributed by atoms with E-state index < -0.39 is 0 Å². The van der Waals surface area contributed by atoms with Crippen LogP contribution < -0.4 is 5.73 Å². The number of hydrogen-bond donors (Lipinski definition) is 1. The predicted molar refractivity (Wildman–Crippen MR) is 73.1 cm³/mol. The quantitative estimate of drug-likeness (QED) is 0.728. The van der Waals surface area contributed by atoms with Gasteiger partial charge in [0.15, 0.2) is 0 Å². The number of rotatable bonds is 1. The van der Waals surface area contributed by atoms with Gasteiger partial charge in [-0.1, -0.05) is 26.2 Å². The zero-order valence-electron chi connectivity index (χ0n) is 10.7. The molecular weight excluding hydrogens is 232 g/mol. The molecule has 0 aromatic carbocycles. The Hall–Kier alpha value is -0.220. The summed E-state index contributed by atoms with van der Waals surface area (Å²) in [5, 5.41) is 0.578. The first-order valence-electron chi connectivity index (χ1n) is 6.84. The zero-order valence-corrected chi connectivity index (χ0v) is 11.5. The van der Waals surface area contributed by atoms with E-state index >= 15 is 0 Å². The number of carbonyl (C=O) groups is 1. The molecule has 4 heteroatoms. The molecule has 1 aliphatic carbocycles. The highest BCUT2D eigenvalue weighted by molar-refractivity contribution is 7.99. The van der Waals surface area contributed by atoms with Gasteiger partial charge in [0.25, 0.3) is 0 Å². The van der Waals surface area contributed by atoms with Crippen LogP contribution in [0.1, 0.15) is 39.0 Å². The van der Waals surface area contributed by atoms with Gasteiger partial charge in [-0.3, -0.25) is 4.79 Å². The molecule has 2 N–H and O–H groups in total. The number of nitrogens with zero attached hydrogens (tertiary/aromatic N) is 1. The number of nitrogens with two attached hydrogens (primary N) is 1. The molecule has 17 heavy (non-hydrogen) atoms. The van der Waals surface area contributed by atoms with Crippen molar-refractivity contribution in [1.29, 1.82) is 0 Å². The van der Waals surface area contributed by atoms with E-state index in [1.54, 1.807) is 0 Å². The van der Waals surface area contributed by atoms with E-state index in [1.165, 1.54) is 19.3 Å². The molecule has 0 spiro atoms. The van der Waals surface area contributed by atoms with Gasteiger partial charge in [0, 0.05) is 30.1 Å². The van der Waals surface area contributed by atoms with Crippen LogP contribution in [0.15, 0.2) is 0 Å². The minimum atomic E-state index is 0.0906. The zero-order chi connectivity index (χ0) is 12.3. The summed E-state index contributed by atoms with van der Waals surface area (Å²) >= 11 is 1.97. The Labute approximate surface area is 108 Å². The Morgan fingerprint density at radius 2 is 2.06 bits per heavy atom. The molecule has 1 saturated carbocycles. The third-order valence-electron chi connectivity index (χ3n) is 3.94. The van der Waals surface area contributed by atoms with Gasteiger partial charge in [0.05, 0.1) is 5.92 Å². The number of amides is 1. The van der Waals surface area contributed by atoms with E-state index in [1.807, 2.05) is 11.8 Å². The van der Waals surface area contributed by atoms with Gasteiger partial charge in [-0.15, -0.1) is 0 Å². The molecule has 1 aliphatic heterocycles. The lowest BCUT2D eigenvalue weighted by Gasteiger charge is -2.34. The molecule has 2 rings (SSSR count). The maximum absolute atomic E-state index is 12.5. The van der Waals surface area contributed by atoms with Crippen LogP contribution in [0.3, 0.4) is 0 Å². The third kappa shape index (κ3) is 3.38. The van der Waals surface area contributed by atoms with Gasteiger partial charge >= 0.3 is 0 Å². The van der Waals surface area contributed by atoms with E-state index in [4.69, 9.17) is 5.73 Å². The molecule has 0 bridgehead atoms. The van der Waals surface area contributed by atoms with Crippen molar-refractivity contribution in [3.05, 3.63) is 0 Å². The minimum Gasteiger partial charge on any atom is -0.340 e. The second-order valence-corrected chi connectivity index (χ2v) is 6.92. The maximum Gasteiger partial charge on any atom is 0.227 e. The van der Waals surface area contributed by atoms with Crippen molar-refractivity contribution in [2.75, 3.05) is 18.8 Å². The predicted octanol–water partition coefficient (Wildman–Crippen LogP) is 1.86. The Kier molecular flexibility index (Phi) is 4.74. The van der Waals surface area contributed by atoms with Gasteiger partial charge in [-0.2, -0.15) is 11.8 Å². The summed E-state index contributed by atoms with van der Waals surface area (Å²) in [5.41, 5.74) is 6.17. The van der Waals surface area contributed by atoms with Crippen LogP contribution in [0.5, 0.6) is 0 Å². The van der Waals surface area contributed by atoms with Gasteiger partial charge in [0.1, 0.15) is 0 Å². The van der Waals surface area contributed by atoms with Crippen molar-refractivity contribution in [3.8, 4) is 0 Å². The average Bonchev–Trinajstić information content (AvgIpc) is 2.53. The largest absolute Gasteiger partial charge is 0.340 e. The van der Waals surface area contributed by atoms with Crippen molar-refractivity contribution in [1.82, 2.24) is 4.90 Å². The lowest BCUT2D eigenvalue weighted by molar-refractivity contribution is -0.136. The molecule has 3 nitrogen and oxygen atoms in total. The first-order chi connectivity index (χ1) is 8.18. The molecule has 0 aromatic heterocycles. The standard InChI is InChI=1S/C13H24N2OS/c1-10-9-15(7-8-17-10)13(16)11-5-3-2-4-6-12(11)14/h10-12H,2-9,14H2,1H3. The minimum absolute atomic E-state index is 0.0906. The van der Waals surface area contributed by atoms with Gasteiger partial charge in [0.2, 0.25) is 5.91 Å². The summed E-state index contributed by atoms with van der Waals surface area (Å²) < 4.78 is 0. The van der Waals surface area contributed by atoms with Gasteiger partial charge < -0.3 is 10.6 Å². The molecule has 2 fully saturated rings. The Balaban J connectivity index is 1.97. The molecule has 0 aromatic rings. The van der Waals surface area contributed by atoms with E-state index in [9.17, 15) is 4.79 Å². The van der Waals surface area contributed by atoms with E-state index in [0.717, 1.165) is 31.7 Å². The van der Waals surface area contributed by atoms with Gasteiger partial charge in [-0.05, 0) is 12.8 Å². The lowest BCUT2D eigenvalue weighted by Crippen LogP contribution is -2.48. The summed E-state index contributed by atoms with van der Waals surface area (Å²) in [7, 11) is 0. The van der Waals surface area contributed by atoms with Crippen molar-refractivity contribution < 1.29 is 4.79 Å². The second-order valence-electron chi connectivity index (χ2n) is 5.37. The smallest absolute Gasteiger partial charge is 0.227 e. The second kappa shape index (κ2) is 6.10. The van der Waals surface area contributed by atoms with Gasteiger partial charge in [-0.25, -0.2) is 0 Å². The summed E-state index contributed by atoms with van der Waals surface area (Å²) in [6, 6.07) is 0.0925. The molecular formula is C13H24N2OS. The summed E-state index contributed by atoms with van der Waals surface area (Å²) in [4.78, 5) is 14.6. The normalized spacial score (nSPS) is 35.4. The molecule has 3 atom stereocenters. The van der Waals surface area contributed by atoms with E-state index in [2.05, 4.69) is 11.8 Å². The molecule has 98 valence electrons. The topological polar surface area (TPSA) is 46.3 Å². The lowest BCUT2D eigenvalue weighted by atomic mass is 9.94. The number of hydrogen-bond acceptors (Lipinski definition) is 3. The van der Waals surface area contributed by atoms with Crippen molar-refractivity contribution in [2.24, 2.45) is 11.7 Å². The molecule has 2 aliphatic rings. The fourth-order valence-electron chi connectivity index (χ4n) is 2.90. The first kappa shape index (κ1) is 13.2. The fourth-order valence-corrected chi connectivity index (χ4v) is 3.91. The van der Waals surface area contributed by atoms with Crippen molar-refractivity contribution >= 4 is 17.7 Å². The number of thioether (sulfide) groups is 1. The number of carbonyl (C=O) groups excluding carboxylic acids is 1. The molecule has 3 unspecified atom stereocenters. The molecule has 1 saturated heterocycles. The highest BCUT2D eigenvalue weighted by Gasteiger charge is 2.32. The van der Waals surface area contributed by atoms with Crippen molar-refractivity contribution in [3.63, 3.8) is 0 Å². The Morgan fingerprint density at radius 3 is 2.82 bits per heavy atom. The van der Waals surface area contributed by atoms with Crippen LogP contribution in [-0.2, 0) is 4.79 Å². The van der Waals surface area contributed by atoms with Crippen LogP contribution in [0.25, 0.3) is 0 Å². The van der Waals surface area contributed by atoms with Crippen molar-refractivity contribution in [2.45, 2.75) is 50.3 Å². The highest BCUT2D eigenvalue weighted by atomic mass is 32.2. The SMILES string of the molecule is CC1CN(C(=O)C2CCCCCC2N)CCS1. The van der Waals surface area contributed by atoms with Crippen LogP contribution in [0.4, 0.5) is 0 Å². The molecule has 1 amide bonds. The van der Waals surface area contributed by atoms with Crippen LogP contribution in [-0.4, -0.2) is 40.9 Å². The monoisotopic (exact) mass is 256 g/mol. The maximum atomic E-state index is 12.5. The summed E-state index contributed by atoms with van der Waals surface area (Å²) in [6.45, 7) is 4.03. The van der Waals surface area contributed by atoms with E-state index in [-0.39, 0.29) is 12.0 Å². The summed E-state index contributed by atoms with van der Waals surface area (Å²) in [5.74, 6) is 1.49.